The van der Waals surface area contributed by atoms with Gasteiger partial charge < -0.3 is 15.8 Å². The fourth-order valence-electron chi connectivity index (χ4n) is 2.45. The van der Waals surface area contributed by atoms with E-state index < -0.39 is 0 Å². The molecule has 0 saturated heterocycles. The Hall–Kier alpha value is -1.55. The highest BCUT2D eigenvalue weighted by Crippen LogP contribution is 2.22. The van der Waals surface area contributed by atoms with Gasteiger partial charge in [0.1, 0.15) is 0 Å². The van der Waals surface area contributed by atoms with E-state index in [1.807, 2.05) is 25.1 Å². The van der Waals surface area contributed by atoms with E-state index >= 15 is 0 Å². The van der Waals surface area contributed by atoms with Crippen LogP contribution in [0.25, 0.3) is 0 Å². The Morgan fingerprint density at radius 1 is 1.44 bits per heavy atom. The van der Waals surface area contributed by atoms with Crippen molar-refractivity contribution in [2.75, 3.05) is 12.8 Å². The second-order valence-corrected chi connectivity index (χ2v) is 4.86. The lowest BCUT2D eigenvalue weighted by atomic mass is 10.1. The topological polar surface area (TPSA) is 64.3 Å². The van der Waals surface area contributed by atoms with Crippen LogP contribution in [-0.4, -0.2) is 25.2 Å². The van der Waals surface area contributed by atoms with E-state index in [4.69, 9.17) is 10.5 Å². The summed E-state index contributed by atoms with van der Waals surface area (Å²) in [7, 11) is 1.72. The maximum Gasteiger partial charge on any atom is 0.251 e. The van der Waals surface area contributed by atoms with E-state index in [2.05, 4.69) is 5.32 Å². The first kappa shape index (κ1) is 12.9. The molecule has 1 aliphatic rings. The number of methoxy groups -OCH3 is 1. The number of benzene rings is 1. The number of amides is 1. The second-order valence-electron chi connectivity index (χ2n) is 4.86. The van der Waals surface area contributed by atoms with E-state index in [1.54, 1.807) is 7.11 Å². The molecule has 2 unspecified atom stereocenters. The van der Waals surface area contributed by atoms with Gasteiger partial charge in [-0.3, -0.25) is 4.79 Å². The zero-order valence-corrected chi connectivity index (χ0v) is 10.9. The van der Waals surface area contributed by atoms with Crippen LogP contribution in [0.1, 0.15) is 35.2 Å². The molecule has 1 aliphatic carbocycles. The van der Waals surface area contributed by atoms with Crippen LogP contribution in [0.5, 0.6) is 0 Å². The van der Waals surface area contributed by atoms with Crippen molar-refractivity contribution in [3.63, 3.8) is 0 Å². The van der Waals surface area contributed by atoms with Gasteiger partial charge in [0.15, 0.2) is 0 Å². The quantitative estimate of drug-likeness (QED) is 0.803. The predicted molar refractivity (Wildman–Crippen MR) is 71.5 cm³/mol. The van der Waals surface area contributed by atoms with Gasteiger partial charge in [0.25, 0.3) is 5.91 Å². The van der Waals surface area contributed by atoms with Crippen LogP contribution >= 0.6 is 0 Å². The maximum absolute atomic E-state index is 12.2. The lowest BCUT2D eigenvalue weighted by molar-refractivity contribution is 0.0914. The van der Waals surface area contributed by atoms with Crippen molar-refractivity contribution in [1.82, 2.24) is 5.32 Å². The van der Waals surface area contributed by atoms with E-state index in [1.165, 1.54) is 0 Å². The molecule has 4 heteroatoms. The summed E-state index contributed by atoms with van der Waals surface area (Å²) in [4.78, 5) is 12.2. The Morgan fingerprint density at radius 2 is 2.22 bits per heavy atom. The normalized spacial score (nSPS) is 23.0. The highest BCUT2D eigenvalue weighted by molar-refractivity contribution is 5.97. The number of carbonyl (C=O) groups is 1. The molecule has 0 spiro atoms. The molecule has 2 rings (SSSR count). The molecule has 98 valence electrons. The summed E-state index contributed by atoms with van der Waals surface area (Å²) < 4.78 is 5.30. The van der Waals surface area contributed by atoms with Gasteiger partial charge in [-0.2, -0.15) is 0 Å². The number of carbonyl (C=O) groups excluding carboxylic acids is 1. The minimum Gasteiger partial charge on any atom is -0.398 e. The summed E-state index contributed by atoms with van der Waals surface area (Å²) in [6, 6.07) is 5.64. The molecular weight excluding hydrogens is 228 g/mol. The smallest absolute Gasteiger partial charge is 0.251 e. The third-order valence-corrected chi connectivity index (χ3v) is 3.67. The molecule has 1 aromatic carbocycles. The van der Waals surface area contributed by atoms with Gasteiger partial charge in [0.05, 0.1) is 6.10 Å². The SMILES string of the molecule is COC1CCC(NC(=O)c2cccc(N)c2C)C1. The molecule has 3 N–H and O–H groups in total. The number of nitrogens with two attached hydrogens (primary N) is 1. The highest BCUT2D eigenvalue weighted by atomic mass is 16.5. The third-order valence-electron chi connectivity index (χ3n) is 3.67. The molecular formula is C14H20N2O2. The van der Waals surface area contributed by atoms with Crippen molar-refractivity contribution in [3.05, 3.63) is 29.3 Å². The lowest BCUT2D eigenvalue weighted by Crippen LogP contribution is -2.33. The van der Waals surface area contributed by atoms with E-state index in [0.717, 1.165) is 24.8 Å². The summed E-state index contributed by atoms with van der Waals surface area (Å²) in [5.41, 5.74) is 7.97. The minimum atomic E-state index is -0.0402. The van der Waals surface area contributed by atoms with E-state index in [-0.39, 0.29) is 18.1 Å². The van der Waals surface area contributed by atoms with Gasteiger partial charge in [-0.15, -0.1) is 0 Å². The monoisotopic (exact) mass is 248 g/mol. The number of nitrogen functional groups attached to an aromatic ring is 1. The molecule has 0 aromatic heterocycles. The number of hydrogen-bond donors (Lipinski definition) is 2. The van der Waals surface area contributed by atoms with Gasteiger partial charge in [0, 0.05) is 24.4 Å². The summed E-state index contributed by atoms with van der Waals surface area (Å²) >= 11 is 0. The van der Waals surface area contributed by atoms with Crippen LogP contribution in [0.4, 0.5) is 5.69 Å². The lowest BCUT2D eigenvalue weighted by Gasteiger charge is -2.14. The molecule has 4 nitrogen and oxygen atoms in total. The molecule has 1 saturated carbocycles. The van der Waals surface area contributed by atoms with Crippen LogP contribution < -0.4 is 11.1 Å². The van der Waals surface area contributed by atoms with Crippen molar-refractivity contribution in [1.29, 1.82) is 0 Å². The first-order valence-electron chi connectivity index (χ1n) is 6.30. The number of nitrogens with one attached hydrogen (secondary N) is 1. The summed E-state index contributed by atoms with van der Waals surface area (Å²) in [5.74, 6) is -0.0402. The van der Waals surface area contributed by atoms with Gasteiger partial charge >= 0.3 is 0 Å². The van der Waals surface area contributed by atoms with E-state index in [0.29, 0.717) is 11.3 Å². The molecule has 1 amide bonds. The Bertz CT molecular complexity index is 445. The van der Waals surface area contributed by atoms with Crippen LogP contribution in [0, 0.1) is 6.92 Å². The average molecular weight is 248 g/mol. The molecule has 1 fully saturated rings. The van der Waals surface area contributed by atoms with Crippen molar-refractivity contribution >= 4 is 11.6 Å². The van der Waals surface area contributed by atoms with E-state index in [9.17, 15) is 4.79 Å². The Morgan fingerprint density at radius 3 is 2.89 bits per heavy atom. The van der Waals surface area contributed by atoms with Crippen molar-refractivity contribution < 1.29 is 9.53 Å². The highest BCUT2D eigenvalue weighted by Gasteiger charge is 2.26. The second kappa shape index (κ2) is 5.40. The van der Waals surface area contributed by atoms with Gasteiger partial charge in [-0.1, -0.05) is 6.07 Å². The molecule has 2 atom stereocenters. The van der Waals surface area contributed by atoms with Crippen LogP contribution in [0.3, 0.4) is 0 Å². The van der Waals surface area contributed by atoms with Crippen molar-refractivity contribution in [2.45, 2.75) is 38.3 Å². The predicted octanol–water partition coefficient (Wildman–Crippen LogP) is 1.87. The average Bonchev–Trinajstić information content (AvgIpc) is 2.80. The number of rotatable bonds is 3. The van der Waals surface area contributed by atoms with Gasteiger partial charge in [-0.25, -0.2) is 0 Å². The largest absolute Gasteiger partial charge is 0.398 e. The van der Waals surface area contributed by atoms with Crippen molar-refractivity contribution in [3.8, 4) is 0 Å². The zero-order chi connectivity index (χ0) is 13.1. The van der Waals surface area contributed by atoms with Crippen LogP contribution in [0.15, 0.2) is 18.2 Å². The minimum absolute atomic E-state index is 0.0402. The molecule has 0 radical (unpaired) electrons. The molecule has 0 heterocycles. The summed E-state index contributed by atoms with van der Waals surface area (Å²) in [5, 5.41) is 3.05. The van der Waals surface area contributed by atoms with Crippen LogP contribution in [-0.2, 0) is 4.74 Å². The fourth-order valence-corrected chi connectivity index (χ4v) is 2.45. The standard InChI is InChI=1S/C14H20N2O2/c1-9-12(4-3-5-13(9)15)14(17)16-10-6-7-11(8-10)18-2/h3-5,10-11H,6-8,15H2,1-2H3,(H,16,17). The Labute approximate surface area is 108 Å². The van der Waals surface area contributed by atoms with Crippen LogP contribution in [0.2, 0.25) is 0 Å². The number of ether oxygens (including phenoxy) is 1. The van der Waals surface area contributed by atoms with Gasteiger partial charge in [-0.05, 0) is 43.9 Å². The molecule has 0 bridgehead atoms. The Kier molecular flexibility index (Phi) is 3.87. The Balaban J connectivity index is 2.02. The number of hydrogen-bond acceptors (Lipinski definition) is 3. The third kappa shape index (κ3) is 2.64. The fraction of sp³-hybridized carbons (Fsp3) is 0.500. The summed E-state index contributed by atoms with van der Waals surface area (Å²) in [6.07, 6.45) is 3.16. The van der Waals surface area contributed by atoms with Crippen molar-refractivity contribution in [2.24, 2.45) is 0 Å². The molecule has 1 aromatic rings. The zero-order valence-electron chi connectivity index (χ0n) is 10.9. The first-order chi connectivity index (χ1) is 8.61. The first-order valence-corrected chi connectivity index (χ1v) is 6.30. The summed E-state index contributed by atoms with van der Waals surface area (Å²) in [6.45, 7) is 1.87. The maximum atomic E-state index is 12.2. The number of anilines is 1. The molecule has 18 heavy (non-hydrogen) atoms. The van der Waals surface area contributed by atoms with Gasteiger partial charge in [0.2, 0.25) is 0 Å². The molecule has 0 aliphatic heterocycles.